The monoisotopic (exact) mass is 297 g/mol. The highest BCUT2D eigenvalue weighted by Crippen LogP contribution is 2.29. The maximum Gasteiger partial charge on any atom is 0.454 e. The molecule has 0 saturated heterocycles. The van der Waals surface area contributed by atoms with Crippen molar-refractivity contribution in [2.24, 2.45) is 0 Å². The lowest BCUT2D eigenvalue weighted by atomic mass is 10.1. The summed E-state index contributed by atoms with van der Waals surface area (Å²) in [5.74, 6) is -2.11. The third-order valence-corrected chi connectivity index (χ3v) is 2.33. The Hall–Kier alpha value is -1.44. The minimum absolute atomic E-state index is 0.0104. The summed E-state index contributed by atoms with van der Waals surface area (Å²) in [6.07, 6.45) is -5.04. The summed E-state index contributed by atoms with van der Waals surface area (Å²) < 4.78 is 36.1. The number of benzene rings is 1. The minimum Gasteiger partial charge on any atom is -0.284 e. The lowest BCUT2D eigenvalue weighted by Crippen LogP contribution is -2.22. The first-order chi connectivity index (χ1) is 7.23. The molecule has 0 amide bonds. The number of hydrogen-bond acceptors (Lipinski definition) is 3. The van der Waals surface area contributed by atoms with E-state index < -0.39 is 28.1 Å². The molecule has 16 heavy (non-hydrogen) atoms. The molecule has 1 aromatic carbocycles. The molecule has 0 unspecified atom stereocenters. The van der Waals surface area contributed by atoms with Crippen LogP contribution in [0, 0.1) is 10.1 Å². The van der Waals surface area contributed by atoms with Gasteiger partial charge in [0.05, 0.1) is 9.40 Å². The summed E-state index contributed by atoms with van der Waals surface area (Å²) in [6.45, 7) is 0. The molecule has 0 saturated carbocycles. The second kappa shape index (κ2) is 4.20. The van der Waals surface area contributed by atoms with Crippen molar-refractivity contribution in [2.75, 3.05) is 0 Å². The molecule has 0 radical (unpaired) electrons. The fourth-order valence-electron chi connectivity index (χ4n) is 0.957. The van der Waals surface area contributed by atoms with Gasteiger partial charge in [-0.25, -0.2) is 0 Å². The first-order valence-electron chi connectivity index (χ1n) is 3.79. The lowest BCUT2D eigenvalue weighted by molar-refractivity contribution is -0.385. The van der Waals surface area contributed by atoms with Crippen LogP contribution in [0.2, 0.25) is 0 Å². The Morgan fingerprint density at radius 3 is 2.38 bits per heavy atom. The topological polar surface area (TPSA) is 60.2 Å². The SMILES string of the molecule is O=C(c1ccc(Br)c([N+](=O)[O-])c1)C(F)(F)F. The van der Waals surface area contributed by atoms with Gasteiger partial charge in [0.2, 0.25) is 0 Å². The van der Waals surface area contributed by atoms with E-state index in [0.717, 1.165) is 12.1 Å². The summed E-state index contributed by atoms with van der Waals surface area (Å²) in [7, 11) is 0. The number of rotatable bonds is 2. The van der Waals surface area contributed by atoms with Crippen LogP contribution in [0.3, 0.4) is 0 Å². The number of alkyl halides is 3. The predicted molar refractivity (Wildman–Crippen MR) is 51.2 cm³/mol. The van der Waals surface area contributed by atoms with E-state index in [1.165, 1.54) is 0 Å². The van der Waals surface area contributed by atoms with Crippen molar-refractivity contribution in [3.63, 3.8) is 0 Å². The van der Waals surface area contributed by atoms with Gasteiger partial charge in [-0.3, -0.25) is 14.9 Å². The molecular formula is C8H3BrF3NO3. The molecule has 0 N–H and O–H groups in total. The van der Waals surface area contributed by atoms with E-state index in [0.29, 0.717) is 6.07 Å². The molecular weight excluding hydrogens is 295 g/mol. The summed E-state index contributed by atoms with van der Waals surface area (Å²) >= 11 is 2.80. The maximum absolute atomic E-state index is 12.0. The van der Waals surface area contributed by atoms with Crippen molar-refractivity contribution in [2.45, 2.75) is 6.18 Å². The van der Waals surface area contributed by atoms with Gasteiger partial charge in [-0.1, -0.05) is 0 Å². The normalized spacial score (nSPS) is 11.2. The van der Waals surface area contributed by atoms with Crippen molar-refractivity contribution in [3.05, 3.63) is 38.3 Å². The zero-order valence-corrected chi connectivity index (χ0v) is 9.00. The second-order valence-corrected chi connectivity index (χ2v) is 3.60. The number of nitrogens with zero attached hydrogens (tertiary/aromatic N) is 1. The van der Waals surface area contributed by atoms with Gasteiger partial charge in [0.1, 0.15) is 0 Å². The van der Waals surface area contributed by atoms with Crippen LogP contribution in [-0.4, -0.2) is 16.9 Å². The van der Waals surface area contributed by atoms with E-state index in [2.05, 4.69) is 15.9 Å². The van der Waals surface area contributed by atoms with Crippen LogP contribution in [0.1, 0.15) is 10.4 Å². The highest BCUT2D eigenvalue weighted by Gasteiger charge is 2.39. The number of hydrogen-bond donors (Lipinski definition) is 0. The van der Waals surface area contributed by atoms with E-state index in [1.54, 1.807) is 0 Å². The van der Waals surface area contributed by atoms with Gasteiger partial charge in [0, 0.05) is 11.6 Å². The molecule has 0 aromatic heterocycles. The average Bonchev–Trinajstić information content (AvgIpc) is 2.15. The Kier molecular flexibility index (Phi) is 3.32. The number of nitro benzene ring substituents is 1. The van der Waals surface area contributed by atoms with Crippen LogP contribution in [0.5, 0.6) is 0 Å². The van der Waals surface area contributed by atoms with E-state index in [9.17, 15) is 28.1 Å². The van der Waals surface area contributed by atoms with E-state index in [4.69, 9.17) is 0 Å². The first kappa shape index (κ1) is 12.6. The standard InChI is InChI=1S/C8H3BrF3NO3/c9-5-2-1-4(3-6(5)13(15)16)7(14)8(10,11)12/h1-3H. The average molecular weight is 298 g/mol. The summed E-state index contributed by atoms with van der Waals surface area (Å²) in [6, 6.07) is 2.48. The quantitative estimate of drug-likeness (QED) is 0.479. The Bertz CT molecular complexity index is 458. The highest BCUT2D eigenvalue weighted by molar-refractivity contribution is 9.10. The van der Waals surface area contributed by atoms with E-state index >= 15 is 0 Å². The molecule has 4 nitrogen and oxygen atoms in total. The van der Waals surface area contributed by atoms with Gasteiger partial charge in [-0.15, -0.1) is 0 Å². The molecule has 8 heteroatoms. The fraction of sp³-hybridized carbons (Fsp3) is 0.125. The number of ketones is 1. The Balaban J connectivity index is 3.24. The number of carbonyl (C=O) groups excluding carboxylic acids is 1. The van der Waals surface area contributed by atoms with Gasteiger partial charge in [-0.05, 0) is 28.1 Å². The summed E-state index contributed by atoms with van der Waals surface area (Å²) in [5, 5.41) is 10.4. The minimum atomic E-state index is -5.04. The highest BCUT2D eigenvalue weighted by atomic mass is 79.9. The van der Waals surface area contributed by atoms with E-state index in [1.807, 2.05) is 0 Å². The van der Waals surface area contributed by atoms with Crippen LogP contribution in [0.25, 0.3) is 0 Å². The molecule has 0 atom stereocenters. The second-order valence-electron chi connectivity index (χ2n) is 2.75. The van der Waals surface area contributed by atoms with Crippen LogP contribution in [-0.2, 0) is 0 Å². The fourth-order valence-corrected chi connectivity index (χ4v) is 1.35. The molecule has 0 aliphatic carbocycles. The largest absolute Gasteiger partial charge is 0.454 e. The van der Waals surface area contributed by atoms with Crippen molar-refractivity contribution in [1.82, 2.24) is 0 Å². The summed E-state index contributed by atoms with van der Waals surface area (Å²) in [4.78, 5) is 20.3. The third kappa shape index (κ3) is 2.57. The molecule has 0 fully saturated rings. The molecule has 0 spiro atoms. The van der Waals surface area contributed by atoms with Crippen LogP contribution in [0.4, 0.5) is 18.9 Å². The Labute approximate surface area is 95.3 Å². The molecule has 0 aliphatic heterocycles. The molecule has 1 aromatic rings. The lowest BCUT2D eigenvalue weighted by Gasteiger charge is -2.05. The van der Waals surface area contributed by atoms with Gasteiger partial charge in [-0.2, -0.15) is 13.2 Å². The van der Waals surface area contributed by atoms with Crippen molar-refractivity contribution in [1.29, 1.82) is 0 Å². The van der Waals surface area contributed by atoms with Crippen LogP contribution in [0.15, 0.2) is 22.7 Å². The van der Waals surface area contributed by atoms with Gasteiger partial charge in [0.25, 0.3) is 11.5 Å². The van der Waals surface area contributed by atoms with Crippen LogP contribution >= 0.6 is 15.9 Å². The predicted octanol–water partition coefficient (Wildman–Crippen LogP) is 3.10. The first-order valence-corrected chi connectivity index (χ1v) is 4.58. The number of nitro groups is 1. The zero-order chi connectivity index (χ0) is 12.5. The molecule has 0 bridgehead atoms. The zero-order valence-electron chi connectivity index (χ0n) is 7.42. The molecule has 0 aliphatic rings. The summed E-state index contributed by atoms with van der Waals surface area (Å²) in [5.41, 5.74) is -1.35. The Morgan fingerprint density at radius 2 is 1.94 bits per heavy atom. The Morgan fingerprint density at radius 1 is 1.38 bits per heavy atom. The molecule has 0 heterocycles. The van der Waals surface area contributed by atoms with Gasteiger partial charge in [0.15, 0.2) is 0 Å². The van der Waals surface area contributed by atoms with E-state index in [-0.39, 0.29) is 4.47 Å². The molecule has 86 valence electrons. The van der Waals surface area contributed by atoms with Crippen molar-refractivity contribution < 1.29 is 22.9 Å². The van der Waals surface area contributed by atoms with Gasteiger partial charge < -0.3 is 0 Å². The smallest absolute Gasteiger partial charge is 0.284 e. The van der Waals surface area contributed by atoms with Crippen molar-refractivity contribution >= 4 is 27.4 Å². The van der Waals surface area contributed by atoms with Gasteiger partial charge >= 0.3 is 6.18 Å². The molecule has 1 rings (SSSR count). The van der Waals surface area contributed by atoms with Crippen molar-refractivity contribution in [3.8, 4) is 0 Å². The maximum atomic E-state index is 12.0. The van der Waals surface area contributed by atoms with Crippen LogP contribution < -0.4 is 0 Å². The number of Topliss-reactive ketones (excluding diaryl/α,β-unsaturated/α-hetero) is 1. The number of halogens is 4. The third-order valence-electron chi connectivity index (χ3n) is 1.66. The number of carbonyl (C=O) groups is 1.